The molecule has 0 fully saturated rings. The fourth-order valence-corrected chi connectivity index (χ4v) is 4.00. The third-order valence-corrected chi connectivity index (χ3v) is 5.54. The summed E-state index contributed by atoms with van der Waals surface area (Å²) in [5, 5.41) is 1.19. The highest BCUT2D eigenvalue weighted by molar-refractivity contribution is 7.99. The number of fused-ring (bicyclic) bond motifs is 1. The molecule has 0 unspecified atom stereocenters. The summed E-state index contributed by atoms with van der Waals surface area (Å²) in [6.45, 7) is 7.21. The number of unbranched alkanes of at least 4 members (excludes halogenated alkanes) is 7. The van der Waals surface area contributed by atoms with Gasteiger partial charge < -0.3 is 4.57 Å². The van der Waals surface area contributed by atoms with Crippen molar-refractivity contribution < 1.29 is 0 Å². The summed E-state index contributed by atoms with van der Waals surface area (Å²) < 4.78 is 3.42. The van der Waals surface area contributed by atoms with E-state index in [2.05, 4.69) is 30.7 Å². The molecule has 0 atom stereocenters. The highest BCUT2D eigenvalue weighted by Crippen LogP contribution is 2.25. The van der Waals surface area contributed by atoms with E-state index in [1.54, 1.807) is 18.8 Å². The first-order chi connectivity index (χ1) is 12.5. The van der Waals surface area contributed by atoms with Gasteiger partial charge in [0.1, 0.15) is 0 Å². The Kier molecular flexibility index (Phi) is 8.00. The average Bonchev–Trinajstić information content (AvgIpc) is 2.93. The van der Waals surface area contributed by atoms with Gasteiger partial charge in [-0.25, -0.2) is 9.78 Å². The summed E-state index contributed by atoms with van der Waals surface area (Å²) in [5.41, 5.74) is 0.228. The number of rotatable bonds is 11. The summed E-state index contributed by atoms with van der Waals surface area (Å²) in [5.74, 6) is 0. The van der Waals surface area contributed by atoms with Gasteiger partial charge in [0.05, 0.1) is 0 Å². The number of hydrogen-bond donors (Lipinski definition) is 1. The zero-order valence-corrected chi connectivity index (χ0v) is 17.3. The zero-order chi connectivity index (χ0) is 19.1. The van der Waals surface area contributed by atoms with Crippen LogP contribution in [0.3, 0.4) is 0 Å². The Bertz CT molecular complexity index is 819. The van der Waals surface area contributed by atoms with E-state index in [1.165, 1.54) is 43.1 Å². The Labute approximate surface area is 159 Å². The lowest BCUT2D eigenvalue weighted by molar-refractivity contribution is 0.533. The van der Waals surface area contributed by atoms with Crippen molar-refractivity contribution in [1.82, 2.24) is 19.1 Å². The topological polar surface area (TPSA) is 72.7 Å². The van der Waals surface area contributed by atoms with E-state index >= 15 is 0 Å². The van der Waals surface area contributed by atoms with Gasteiger partial charge in [0, 0.05) is 18.8 Å². The van der Waals surface area contributed by atoms with Crippen molar-refractivity contribution in [3.8, 4) is 0 Å². The van der Waals surface area contributed by atoms with Gasteiger partial charge >= 0.3 is 5.69 Å². The van der Waals surface area contributed by atoms with E-state index in [0.29, 0.717) is 16.4 Å². The van der Waals surface area contributed by atoms with E-state index < -0.39 is 5.69 Å². The first kappa shape index (κ1) is 20.8. The molecule has 0 aliphatic rings. The number of aryl methyl sites for hydroxylation is 2. The molecule has 2 rings (SSSR count). The van der Waals surface area contributed by atoms with Crippen LogP contribution < -0.4 is 11.2 Å². The van der Waals surface area contributed by atoms with Crippen LogP contribution in [0.25, 0.3) is 11.2 Å². The monoisotopic (exact) mass is 380 g/mol. The molecule has 0 aliphatic heterocycles. The maximum absolute atomic E-state index is 12.4. The third-order valence-electron chi connectivity index (χ3n) is 4.55. The predicted octanol–water partition coefficient (Wildman–Crippen LogP) is 4.06. The molecule has 0 radical (unpaired) electrons. The Morgan fingerprint density at radius 1 is 1.04 bits per heavy atom. The largest absolute Gasteiger partial charge is 0.329 e. The van der Waals surface area contributed by atoms with Crippen molar-refractivity contribution >= 4 is 22.9 Å². The van der Waals surface area contributed by atoms with Crippen molar-refractivity contribution in [2.45, 2.75) is 89.1 Å². The minimum atomic E-state index is -0.416. The Morgan fingerprint density at radius 2 is 1.65 bits per heavy atom. The number of aromatic nitrogens is 4. The molecule has 2 aromatic heterocycles. The van der Waals surface area contributed by atoms with E-state index in [0.717, 1.165) is 24.5 Å². The number of thioether (sulfide) groups is 1. The molecular weight excluding hydrogens is 348 g/mol. The van der Waals surface area contributed by atoms with Crippen LogP contribution in [-0.2, 0) is 13.6 Å². The normalized spacial score (nSPS) is 11.7. The number of nitrogens with zero attached hydrogens (tertiary/aromatic N) is 3. The van der Waals surface area contributed by atoms with Crippen molar-refractivity contribution in [1.29, 1.82) is 0 Å². The van der Waals surface area contributed by atoms with Gasteiger partial charge in [-0.05, 0) is 6.42 Å². The second-order valence-electron chi connectivity index (χ2n) is 7.18. The zero-order valence-electron chi connectivity index (χ0n) is 16.5. The van der Waals surface area contributed by atoms with Crippen LogP contribution in [0.5, 0.6) is 0 Å². The number of H-pyrrole nitrogens is 1. The summed E-state index contributed by atoms with van der Waals surface area (Å²) in [7, 11) is 1.65. The van der Waals surface area contributed by atoms with Gasteiger partial charge in [0.2, 0.25) is 0 Å². The smallest absolute Gasteiger partial charge is 0.313 e. The molecule has 2 aromatic rings. The lowest BCUT2D eigenvalue weighted by Crippen LogP contribution is -2.29. The Balaban J connectivity index is 2.10. The van der Waals surface area contributed by atoms with Crippen LogP contribution in [0, 0.1) is 0 Å². The second kappa shape index (κ2) is 10.00. The quantitative estimate of drug-likeness (QED) is 0.471. The van der Waals surface area contributed by atoms with Gasteiger partial charge in [-0.3, -0.25) is 14.3 Å². The summed E-state index contributed by atoms with van der Waals surface area (Å²) >= 11 is 1.64. The van der Waals surface area contributed by atoms with Crippen molar-refractivity contribution in [3.63, 3.8) is 0 Å². The van der Waals surface area contributed by atoms with Crippen LogP contribution in [0.15, 0.2) is 14.7 Å². The van der Waals surface area contributed by atoms with Crippen LogP contribution in [-0.4, -0.2) is 24.4 Å². The minimum absolute atomic E-state index is 0.342. The Morgan fingerprint density at radius 3 is 2.27 bits per heavy atom. The molecule has 6 nitrogen and oxygen atoms in total. The van der Waals surface area contributed by atoms with Gasteiger partial charge in [0.25, 0.3) is 5.56 Å². The van der Waals surface area contributed by atoms with Crippen molar-refractivity contribution in [3.05, 3.63) is 20.8 Å². The van der Waals surface area contributed by atoms with Crippen molar-refractivity contribution in [2.75, 3.05) is 0 Å². The van der Waals surface area contributed by atoms with Crippen LogP contribution >= 0.6 is 11.8 Å². The molecule has 0 spiro atoms. The summed E-state index contributed by atoms with van der Waals surface area (Å²) in [4.78, 5) is 31.2. The minimum Gasteiger partial charge on any atom is -0.313 e. The molecule has 146 valence electrons. The number of imidazole rings is 1. The maximum atomic E-state index is 12.4. The Hall–Kier alpha value is -1.50. The third kappa shape index (κ3) is 5.25. The molecule has 0 saturated heterocycles. The second-order valence-corrected chi connectivity index (χ2v) is 8.72. The van der Waals surface area contributed by atoms with E-state index in [-0.39, 0.29) is 5.56 Å². The van der Waals surface area contributed by atoms with Crippen molar-refractivity contribution in [2.24, 2.45) is 7.05 Å². The molecule has 0 bridgehead atoms. The molecule has 26 heavy (non-hydrogen) atoms. The lowest BCUT2D eigenvalue weighted by Gasteiger charge is -2.10. The van der Waals surface area contributed by atoms with Gasteiger partial charge in [-0.15, -0.1) is 0 Å². The van der Waals surface area contributed by atoms with Gasteiger partial charge in [-0.2, -0.15) is 0 Å². The van der Waals surface area contributed by atoms with Crippen LogP contribution in [0.1, 0.15) is 72.1 Å². The number of aromatic amines is 1. The lowest BCUT2D eigenvalue weighted by atomic mass is 10.1. The molecular formula is C19H32N4O2S. The SMILES string of the molecule is CCCCCCCCCCn1c(SC(C)C)nc2c1c(=O)[nH]c(=O)n2C. The molecule has 0 aliphatic carbocycles. The highest BCUT2D eigenvalue weighted by Gasteiger charge is 2.18. The first-order valence-corrected chi connectivity index (χ1v) is 10.7. The summed E-state index contributed by atoms with van der Waals surface area (Å²) in [6.07, 6.45) is 9.96. The average molecular weight is 381 g/mol. The first-order valence-electron chi connectivity index (χ1n) is 9.81. The molecule has 0 amide bonds. The van der Waals surface area contributed by atoms with Crippen LogP contribution in [0.4, 0.5) is 0 Å². The fourth-order valence-electron chi connectivity index (χ4n) is 3.13. The van der Waals surface area contributed by atoms with E-state index in [4.69, 9.17) is 0 Å². The molecule has 7 heteroatoms. The van der Waals surface area contributed by atoms with E-state index in [1.807, 2.05) is 4.57 Å². The van der Waals surface area contributed by atoms with Crippen LogP contribution in [0.2, 0.25) is 0 Å². The molecule has 0 aromatic carbocycles. The van der Waals surface area contributed by atoms with Gasteiger partial charge in [-0.1, -0.05) is 77.5 Å². The fraction of sp³-hybridized carbons (Fsp3) is 0.737. The predicted molar refractivity (Wildman–Crippen MR) is 109 cm³/mol. The number of nitrogens with one attached hydrogen (secondary N) is 1. The maximum Gasteiger partial charge on any atom is 0.329 e. The molecule has 2 heterocycles. The standard InChI is InChI=1S/C19H32N4O2S/c1-5-6-7-8-9-10-11-12-13-23-15-16(20-19(23)26-14(2)3)22(4)18(25)21-17(15)24/h14H,5-13H2,1-4H3,(H,21,24,25). The van der Waals surface area contributed by atoms with E-state index in [9.17, 15) is 9.59 Å². The number of hydrogen-bond acceptors (Lipinski definition) is 4. The summed E-state index contributed by atoms with van der Waals surface area (Å²) in [6, 6.07) is 0. The molecule has 0 saturated carbocycles. The van der Waals surface area contributed by atoms with Gasteiger partial charge in [0.15, 0.2) is 16.3 Å². The molecule has 1 N–H and O–H groups in total. The highest BCUT2D eigenvalue weighted by atomic mass is 32.2.